The van der Waals surface area contributed by atoms with E-state index in [0.717, 1.165) is 19.7 Å². The summed E-state index contributed by atoms with van der Waals surface area (Å²) in [5.74, 6) is 0.576. The molecule has 1 aliphatic heterocycles. The summed E-state index contributed by atoms with van der Waals surface area (Å²) in [6, 6.07) is 9.31. The Morgan fingerprint density at radius 2 is 2.26 bits per heavy atom. The molecule has 0 aliphatic carbocycles. The molecule has 1 amide bonds. The van der Waals surface area contributed by atoms with Crippen LogP contribution < -0.4 is 10.1 Å². The van der Waals surface area contributed by atoms with Crippen molar-refractivity contribution in [1.82, 2.24) is 10.2 Å². The first kappa shape index (κ1) is 13.8. The minimum Gasteiger partial charge on any atom is -0.484 e. The van der Waals surface area contributed by atoms with Crippen LogP contribution in [0.5, 0.6) is 5.75 Å². The molecule has 0 spiro atoms. The van der Waals surface area contributed by atoms with Crippen LogP contribution in [0, 0.1) is 0 Å². The Morgan fingerprint density at radius 3 is 3.00 bits per heavy atom. The first-order valence-corrected chi connectivity index (χ1v) is 6.49. The monoisotopic (exact) mass is 264 g/mol. The van der Waals surface area contributed by atoms with E-state index in [1.165, 1.54) is 0 Å². The van der Waals surface area contributed by atoms with Crippen molar-refractivity contribution in [2.75, 3.05) is 39.9 Å². The maximum Gasteiger partial charge on any atom is 0.258 e. The molecule has 5 heteroatoms. The van der Waals surface area contributed by atoms with E-state index >= 15 is 0 Å². The highest BCUT2D eigenvalue weighted by Crippen LogP contribution is 2.07. The number of morpholine rings is 1. The van der Waals surface area contributed by atoms with Gasteiger partial charge in [0.05, 0.1) is 12.7 Å². The minimum atomic E-state index is -0.124. The number of amides is 1. The molecule has 5 nitrogen and oxygen atoms in total. The lowest BCUT2D eigenvalue weighted by Crippen LogP contribution is -2.46. The van der Waals surface area contributed by atoms with E-state index in [0.29, 0.717) is 12.3 Å². The van der Waals surface area contributed by atoms with Crippen LogP contribution in [0.2, 0.25) is 0 Å². The molecule has 1 fully saturated rings. The number of ether oxygens (including phenoxy) is 2. The molecule has 1 aromatic carbocycles. The third kappa shape index (κ3) is 4.89. The summed E-state index contributed by atoms with van der Waals surface area (Å²) < 4.78 is 10.9. The molecule has 19 heavy (non-hydrogen) atoms. The minimum absolute atomic E-state index is 0.0343. The summed E-state index contributed by atoms with van der Waals surface area (Å²) in [5.41, 5.74) is 0. The van der Waals surface area contributed by atoms with Crippen molar-refractivity contribution >= 4 is 5.91 Å². The average Bonchev–Trinajstić information content (AvgIpc) is 2.44. The van der Waals surface area contributed by atoms with Gasteiger partial charge in [-0.05, 0) is 19.2 Å². The van der Waals surface area contributed by atoms with Gasteiger partial charge in [-0.1, -0.05) is 18.2 Å². The second kappa shape index (κ2) is 7.11. The van der Waals surface area contributed by atoms with E-state index in [-0.39, 0.29) is 18.6 Å². The molecule has 1 N–H and O–H groups in total. The summed E-state index contributed by atoms with van der Waals surface area (Å²) in [5, 5.41) is 2.83. The molecule has 1 aliphatic rings. The molecule has 1 saturated heterocycles. The Bertz CT molecular complexity index is 397. The second-order valence-electron chi connectivity index (χ2n) is 4.66. The summed E-state index contributed by atoms with van der Waals surface area (Å²) in [6.07, 6.45) is 0.0689. The molecular weight excluding hydrogens is 244 g/mol. The van der Waals surface area contributed by atoms with Gasteiger partial charge in [-0.25, -0.2) is 0 Å². The summed E-state index contributed by atoms with van der Waals surface area (Å²) in [7, 11) is 2.05. The van der Waals surface area contributed by atoms with Gasteiger partial charge < -0.3 is 19.7 Å². The standard InChI is InChI=1S/C14H20N2O3/c1-16-7-8-18-13(10-16)9-15-14(17)11-19-12-5-3-2-4-6-12/h2-6,13H,7-11H2,1H3,(H,15,17). The summed E-state index contributed by atoms with van der Waals surface area (Å²) in [6.45, 7) is 3.08. The van der Waals surface area contributed by atoms with Crippen LogP contribution in [0.25, 0.3) is 0 Å². The van der Waals surface area contributed by atoms with E-state index in [9.17, 15) is 4.79 Å². The summed E-state index contributed by atoms with van der Waals surface area (Å²) in [4.78, 5) is 13.8. The van der Waals surface area contributed by atoms with Crippen molar-refractivity contribution in [3.05, 3.63) is 30.3 Å². The molecule has 104 valence electrons. The molecule has 0 bridgehead atoms. The van der Waals surface area contributed by atoms with Crippen molar-refractivity contribution in [2.24, 2.45) is 0 Å². The Morgan fingerprint density at radius 1 is 1.47 bits per heavy atom. The Balaban J connectivity index is 1.64. The van der Waals surface area contributed by atoms with Crippen LogP contribution in [0.1, 0.15) is 0 Å². The first-order valence-electron chi connectivity index (χ1n) is 6.49. The van der Waals surface area contributed by atoms with Crippen molar-refractivity contribution in [3.8, 4) is 5.75 Å². The van der Waals surface area contributed by atoms with E-state index < -0.39 is 0 Å². The number of nitrogens with zero attached hydrogens (tertiary/aromatic N) is 1. The van der Waals surface area contributed by atoms with Crippen molar-refractivity contribution in [1.29, 1.82) is 0 Å². The van der Waals surface area contributed by atoms with Crippen LogP contribution in [-0.2, 0) is 9.53 Å². The number of likely N-dealkylation sites (N-methyl/N-ethyl adjacent to an activating group) is 1. The molecule has 1 heterocycles. The average molecular weight is 264 g/mol. The van der Waals surface area contributed by atoms with Gasteiger partial charge in [-0.2, -0.15) is 0 Å². The maximum atomic E-state index is 11.6. The molecule has 1 aromatic rings. The lowest BCUT2D eigenvalue weighted by atomic mass is 10.3. The van der Waals surface area contributed by atoms with Crippen LogP contribution in [0.3, 0.4) is 0 Å². The molecule has 0 radical (unpaired) electrons. The van der Waals surface area contributed by atoms with Crippen LogP contribution >= 0.6 is 0 Å². The normalized spacial score (nSPS) is 19.9. The van der Waals surface area contributed by atoms with E-state index in [1.54, 1.807) is 0 Å². The predicted octanol–water partition coefficient (Wildman–Crippen LogP) is 0.512. The SMILES string of the molecule is CN1CCOC(CNC(=O)COc2ccccc2)C1. The molecule has 0 saturated carbocycles. The van der Waals surface area contributed by atoms with Gasteiger partial charge in [0.1, 0.15) is 5.75 Å². The Kier molecular flexibility index (Phi) is 5.18. The van der Waals surface area contributed by atoms with Gasteiger partial charge in [0.25, 0.3) is 5.91 Å². The van der Waals surface area contributed by atoms with Gasteiger partial charge in [0.15, 0.2) is 6.61 Å². The molecule has 1 atom stereocenters. The highest BCUT2D eigenvalue weighted by atomic mass is 16.5. The zero-order valence-corrected chi connectivity index (χ0v) is 11.2. The van der Waals surface area contributed by atoms with Crippen molar-refractivity contribution in [2.45, 2.75) is 6.10 Å². The Hall–Kier alpha value is -1.59. The zero-order chi connectivity index (χ0) is 13.5. The Labute approximate surface area is 113 Å². The number of rotatable bonds is 5. The lowest BCUT2D eigenvalue weighted by molar-refractivity contribution is -0.124. The number of para-hydroxylation sites is 1. The summed E-state index contributed by atoms with van der Waals surface area (Å²) >= 11 is 0. The number of carbonyl (C=O) groups excluding carboxylic acids is 1. The lowest BCUT2D eigenvalue weighted by Gasteiger charge is -2.30. The first-order chi connectivity index (χ1) is 9.24. The van der Waals surface area contributed by atoms with E-state index in [1.807, 2.05) is 30.3 Å². The third-order valence-corrected chi connectivity index (χ3v) is 2.98. The molecule has 2 rings (SSSR count). The number of benzene rings is 1. The molecule has 0 aromatic heterocycles. The van der Waals surface area contributed by atoms with Crippen LogP contribution in [0.4, 0.5) is 0 Å². The van der Waals surface area contributed by atoms with Gasteiger partial charge in [-0.15, -0.1) is 0 Å². The van der Waals surface area contributed by atoms with Crippen LogP contribution in [-0.4, -0.2) is 56.8 Å². The van der Waals surface area contributed by atoms with Crippen molar-refractivity contribution < 1.29 is 14.3 Å². The third-order valence-electron chi connectivity index (χ3n) is 2.98. The van der Waals surface area contributed by atoms with Crippen LogP contribution in [0.15, 0.2) is 30.3 Å². The molecular formula is C14H20N2O3. The van der Waals surface area contributed by atoms with Gasteiger partial charge in [-0.3, -0.25) is 4.79 Å². The highest BCUT2D eigenvalue weighted by Gasteiger charge is 2.18. The fraction of sp³-hybridized carbons (Fsp3) is 0.500. The zero-order valence-electron chi connectivity index (χ0n) is 11.2. The topological polar surface area (TPSA) is 50.8 Å². The number of hydrogen-bond acceptors (Lipinski definition) is 4. The largest absolute Gasteiger partial charge is 0.484 e. The second-order valence-corrected chi connectivity index (χ2v) is 4.66. The number of hydrogen-bond donors (Lipinski definition) is 1. The van der Waals surface area contributed by atoms with Crippen molar-refractivity contribution in [3.63, 3.8) is 0 Å². The van der Waals surface area contributed by atoms with Gasteiger partial charge in [0, 0.05) is 19.6 Å². The predicted molar refractivity (Wildman–Crippen MR) is 72.2 cm³/mol. The fourth-order valence-electron chi connectivity index (χ4n) is 1.93. The number of carbonyl (C=O) groups is 1. The van der Waals surface area contributed by atoms with Gasteiger partial charge in [0.2, 0.25) is 0 Å². The molecule has 1 unspecified atom stereocenters. The fourth-order valence-corrected chi connectivity index (χ4v) is 1.93. The van der Waals surface area contributed by atoms with Gasteiger partial charge >= 0.3 is 0 Å². The highest BCUT2D eigenvalue weighted by molar-refractivity contribution is 5.77. The van der Waals surface area contributed by atoms with E-state index in [4.69, 9.17) is 9.47 Å². The smallest absolute Gasteiger partial charge is 0.258 e. The number of nitrogens with one attached hydrogen (secondary N) is 1. The maximum absolute atomic E-state index is 11.6. The quantitative estimate of drug-likeness (QED) is 0.842. The van der Waals surface area contributed by atoms with E-state index in [2.05, 4.69) is 17.3 Å².